The minimum Gasteiger partial charge on any atom is -0.413 e. The number of aromatic amines is 1. The number of nitrogens with one attached hydrogen (secondary N) is 2. The lowest BCUT2D eigenvalue weighted by atomic mass is 10.1. The molecule has 11 nitrogen and oxygen atoms in total. The molecule has 1 saturated heterocycles. The van der Waals surface area contributed by atoms with Crippen molar-refractivity contribution in [3.63, 3.8) is 0 Å². The summed E-state index contributed by atoms with van der Waals surface area (Å²) in [7, 11) is -3.99. The smallest absolute Gasteiger partial charge is 0.413 e. The van der Waals surface area contributed by atoms with E-state index in [2.05, 4.69) is 77.8 Å². The van der Waals surface area contributed by atoms with Crippen LogP contribution in [0.4, 0.5) is 0 Å². The van der Waals surface area contributed by atoms with Crippen molar-refractivity contribution in [1.29, 1.82) is 0 Å². The third-order valence-corrected chi connectivity index (χ3v) is 9.54. The topological polar surface area (TPSA) is 149 Å². The Kier molecular flexibility index (Phi) is 19.5. The molecule has 3 rings (SSSR count). The number of carbonyl (C=O) groups excluding carboxylic acids is 1. The maximum atomic E-state index is 13.7. The van der Waals surface area contributed by atoms with Gasteiger partial charge in [-0.25, -0.2) is 14.4 Å². The lowest BCUT2D eigenvalue weighted by Gasteiger charge is -2.22. The molecule has 0 bridgehead atoms. The monoisotopic (exact) mass is 743 g/mol. The van der Waals surface area contributed by atoms with Gasteiger partial charge in [0.25, 0.3) is 5.56 Å². The number of benzene rings is 1. The predicted octanol–water partition coefficient (Wildman–Crippen LogP) is 7.90. The molecule has 1 unspecified atom stereocenters. The van der Waals surface area contributed by atoms with E-state index in [0.717, 1.165) is 49.5 Å². The van der Waals surface area contributed by atoms with Crippen LogP contribution in [0.3, 0.4) is 0 Å². The zero-order valence-corrected chi connectivity index (χ0v) is 30.9. The second-order valence-corrected chi connectivity index (χ2v) is 14.1. The summed E-state index contributed by atoms with van der Waals surface area (Å²) in [6.07, 6.45) is 27.6. The average Bonchev–Trinajstić information content (AvgIpc) is 3.48. The first-order chi connectivity index (χ1) is 24.7. The van der Waals surface area contributed by atoms with Gasteiger partial charge in [0.1, 0.15) is 23.9 Å². The van der Waals surface area contributed by atoms with Crippen molar-refractivity contribution in [2.24, 2.45) is 0 Å². The van der Waals surface area contributed by atoms with Crippen molar-refractivity contribution in [2.45, 2.75) is 96.0 Å². The first-order valence-electron chi connectivity index (χ1n) is 17.6. The zero-order chi connectivity index (χ0) is 36.7. The van der Waals surface area contributed by atoms with Crippen molar-refractivity contribution in [2.75, 3.05) is 13.2 Å². The molecule has 1 aliphatic rings. The number of aliphatic hydroxyl groups excluding tert-OH is 1. The van der Waals surface area contributed by atoms with E-state index in [1.54, 1.807) is 24.3 Å². The lowest BCUT2D eigenvalue weighted by molar-refractivity contribution is -0.119. The van der Waals surface area contributed by atoms with E-state index in [9.17, 15) is 24.1 Å². The molecule has 3 N–H and O–H groups in total. The van der Waals surface area contributed by atoms with Crippen molar-refractivity contribution in [1.82, 2.24) is 14.6 Å². The fourth-order valence-electron chi connectivity index (χ4n) is 5.01. The van der Waals surface area contributed by atoms with Crippen LogP contribution in [-0.2, 0) is 18.6 Å². The molecule has 1 fully saturated rings. The van der Waals surface area contributed by atoms with Crippen molar-refractivity contribution >= 4 is 25.1 Å². The fourth-order valence-corrected chi connectivity index (χ4v) is 6.52. The molecule has 1 aromatic heterocycles. The summed E-state index contributed by atoms with van der Waals surface area (Å²) in [6.45, 7) is 1.99. The van der Waals surface area contributed by atoms with Crippen molar-refractivity contribution in [3.8, 4) is 5.75 Å². The number of unbranched alkanes of at least 4 members (excludes halogenated alkanes) is 1. The van der Waals surface area contributed by atoms with E-state index in [0.29, 0.717) is 24.3 Å². The quantitative estimate of drug-likeness (QED) is 0.0554. The number of hydrogen-bond donors (Lipinski definition) is 3. The first-order valence-corrected chi connectivity index (χ1v) is 19.5. The Morgan fingerprint density at radius 1 is 0.961 bits per heavy atom. The highest BCUT2D eigenvalue weighted by Crippen LogP contribution is 2.45. The van der Waals surface area contributed by atoms with Gasteiger partial charge in [-0.2, -0.15) is 0 Å². The number of hydrogen-bond acceptors (Lipinski definition) is 8. The Labute approximate surface area is 305 Å². The Morgan fingerprint density at radius 2 is 1.57 bits per heavy atom. The normalized spacial score (nSPS) is 19.3. The second-order valence-electron chi connectivity index (χ2n) is 11.9. The number of rotatable bonds is 24. The zero-order valence-electron chi connectivity index (χ0n) is 29.2. The Balaban J connectivity index is 1.35. The van der Waals surface area contributed by atoms with Gasteiger partial charge in [0.15, 0.2) is 0 Å². The van der Waals surface area contributed by atoms with E-state index in [1.807, 2.05) is 0 Å². The molecular weight excluding hydrogens is 693 g/mol. The number of Topliss-reactive ketones (excluding diaryl/α,β-unsaturated/α-hetero) is 1. The number of nitrogens with zero attached hydrogens (tertiary/aromatic N) is 1. The Morgan fingerprint density at radius 3 is 2.20 bits per heavy atom. The number of H-pyrrole nitrogens is 1. The van der Waals surface area contributed by atoms with Crippen LogP contribution in [0.5, 0.6) is 5.75 Å². The number of ketones is 1. The van der Waals surface area contributed by atoms with E-state index in [4.69, 9.17) is 25.4 Å². The van der Waals surface area contributed by atoms with Gasteiger partial charge < -0.3 is 14.4 Å². The summed E-state index contributed by atoms with van der Waals surface area (Å²) < 4.78 is 32.1. The fraction of sp³-hybridized carbons (Fsp3) is 0.447. The highest BCUT2D eigenvalue weighted by molar-refractivity contribution is 7.52. The van der Waals surface area contributed by atoms with Crippen LogP contribution in [-0.4, -0.2) is 45.8 Å². The van der Waals surface area contributed by atoms with Crippen molar-refractivity contribution < 1.29 is 28.3 Å². The van der Waals surface area contributed by atoms with Gasteiger partial charge in [-0.1, -0.05) is 79.3 Å². The van der Waals surface area contributed by atoms with Gasteiger partial charge in [0.2, 0.25) is 0 Å². The van der Waals surface area contributed by atoms with Crippen LogP contribution in [0.25, 0.3) is 0 Å². The van der Waals surface area contributed by atoms with Crippen LogP contribution in [0.1, 0.15) is 83.8 Å². The van der Waals surface area contributed by atoms with Crippen LogP contribution < -0.4 is 20.9 Å². The Bertz CT molecular complexity index is 1650. The second kappa shape index (κ2) is 23.8. The van der Waals surface area contributed by atoms with Gasteiger partial charge in [-0.05, 0) is 75.6 Å². The molecule has 0 spiro atoms. The number of ether oxygens (including phenoxy) is 1. The van der Waals surface area contributed by atoms with Crippen LogP contribution in [0, 0.1) is 0 Å². The summed E-state index contributed by atoms with van der Waals surface area (Å²) in [5.41, 5.74) is -1.23. The molecular formula is C38H51ClN3O8P. The molecule has 2 heterocycles. The largest absolute Gasteiger partial charge is 0.458 e. The van der Waals surface area contributed by atoms with Gasteiger partial charge in [0.05, 0.1) is 12.7 Å². The van der Waals surface area contributed by atoms with Crippen molar-refractivity contribution in [3.05, 3.63) is 123 Å². The molecule has 51 heavy (non-hydrogen) atoms. The standard InChI is InChI=1S/C38H51ClN3O8P/c1-2-3-4-5-6-7-8-9-10-11-12-13-14-15-16-17-18-20-32(43)21-19-27-40-51(47,50-33-24-22-31(39)23-25-33)48-30-35-34(44)29-37(49-35)42-28-26-36(45)41-38(42)46/h3-4,6-7,9-10,12-13,15-16,22-26,28,34-35,37,44H,2,5,8,11,14,17-21,27,29-30H2,1H3,(H,40,47)(H,41,45,46)/b4-3-,7-6-,10-9-,13-12-,16-15-/t34-,35+,37+,51?/m0/s1. The van der Waals surface area contributed by atoms with Gasteiger partial charge in [0, 0.05) is 43.1 Å². The molecule has 0 saturated carbocycles. The highest BCUT2D eigenvalue weighted by atomic mass is 35.5. The summed E-state index contributed by atoms with van der Waals surface area (Å²) in [6, 6.07) is 7.42. The molecule has 0 aliphatic carbocycles. The maximum absolute atomic E-state index is 13.7. The maximum Gasteiger partial charge on any atom is 0.458 e. The van der Waals surface area contributed by atoms with Gasteiger partial charge in [-0.15, -0.1) is 0 Å². The minimum absolute atomic E-state index is 0.0545. The molecule has 2 aromatic rings. The summed E-state index contributed by atoms with van der Waals surface area (Å²) >= 11 is 5.97. The van der Waals surface area contributed by atoms with Crippen LogP contribution in [0.15, 0.2) is 107 Å². The van der Waals surface area contributed by atoms with Gasteiger partial charge >= 0.3 is 13.4 Å². The molecule has 0 radical (unpaired) electrons. The molecule has 1 aliphatic heterocycles. The number of halogens is 1. The SMILES string of the molecule is CC/C=C\C/C=C\C/C=C\C/C=C\C/C=C\CCCC(=O)CCCNP(=O)(OC[C@H]1O[C@@H](n2ccc(=O)[nH]c2=O)C[C@@H]1O)Oc1ccc(Cl)cc1. The van der Waals surface area contributed by atoms with E-state index >= 15 is 0 Å². The molecule has 4 atom stereocenters. The molecule has 1 aromatic carbocycles. The third kappa shape index (κ3) is 17.0. The highest BCUT2D eigenvalue weighted by Gasteiger charge is 2.38. The van der Waals surface area contributed by atoms with Gasteiger partial charge in [-0.3, -0.25) is 23.7 Å². The number of aromatic nitrogens is 2. The number of aliphatic hydroxyl groups is 1. The number of carbonyl (C=O) groups is 1. The minimum atomic E-state index is -3.99. The summed E-state index contributed by atoms with van der Waals surface area (Å²) in [4.78, 5) is 38.2. The lowest BCUT2D eigenvalue weighted by Crippen LogP contribution is -2.32. The summed E-state index contributed by atoms with van der Waals surface area (Å²) in [5.74, 6) is 0.358. The molecule has 278 valence electrons. The summed E-state index contributed by atoms with van der Waals surface area (Å²) in [5, 5.41) is 13.8. The molecule has 0 amide bonds. The third-order valence-electron chi connectivity index (χ3n) is 7.74. The molecule has 13 heteroatoms. The van der Waals surface area contributed by atoms with E-state index < -0.39 is 37.4 Å². The van der Waals surface area contributed by atoms with E-state index in [1.165, 1.54) is 12.3 Å². The average molecular weight is 744 g/mol. The predicted molar refractivity (Wildman–Crippen MR) is 202 cm³/mol. The number of allylic oxidation sites excluding steroid dienone is 10. The van der Waals surface area contributed by atoms with E-state index in [-0.39, 0.29) is 31.1 Å². The van der Waals surface area contributed by atoms with Crippen LogP contribution >= 0.6 is 19.3 Å². The first kappa shape index (κ1) is 41.8. The van der Waals surface area contributed by atoms with Crippen LogP contribution in [0.2, 0.25) is 5.02 Å². The Hall–Kier alpha value is -3.57.